The van der Waals surface area contributed by atoms with Crippen LogP contribution in [0.4, 0.5) is 13.2 Å². The molecule has 0 aromatic heterocycles. The van der Waals surface area contributed by atoms with Crippen LogP contribution in [0.25, 0.3) is 0 Å². The highest BCUT2D eigenvalue weighted by Crippen LogP contribution is 2.54. The SMILES string of the molecule is CCOC(=O)C1=C(C)CC(CS(=O)(=O)c2ccccc2)(C(F)(F)F)C(C#N)[CH]1. The summed E-state index contributed by atoms with van der Waals surface area (Å²) in [5.41, 5.74) is -2.95. The van der Waals surface area contributed by atoms with Gasteiger partial charge in [0.15, 0.2) is 9.84 Å². The standard InChI is InChI=1S/C19H19F3NO4S/c1-3-27-17(24)16-9-14(11-23)18(10-13(16)2,19(20,21)22)12-28(25,26)15-7-5-4-6-8-15/h4-9,14H,3,10,12H2,1-2H3. The number of benzene rings is 1. The third-order valence-electron chi connectivity index (χ3n) is 4.72. The fourth-order valence-electron chi connectivity index (χ4n) is 3.31. The van der Waals surface area contributed by atoms with Gasteiger partial charge in [0.25, 0.3) is 0 Å². The van der Waals surface area contributed by atoms with E-state index >= 15 is 0 Å². The number of hydrogen-bond donors (Lipinski definition) is 0. The van der Waals surface area contributed by atoms with E-state index in [4.69, 9.17) is 4.74 Å². The maximum atomic E-state index is 14.2. The summed E-state index contributed by atoms with van der Waals surface area (Å²) in [5, 5.41) is 9.42. The van der Waals surface area contributed by atoms with Crippen molar-refractivity contribution in [2.24, 2.45) is 11.3 Å². The molecule has 0 heterocycles. The molecule has 2 unspecified atom stereocenters. The number of sulfone groups is 1. The summed E-state index contributed by atoms with van der Waals surface area (Å²) in [6.45, 7) is 2.88. The van der Waals surface area contributed by atoms with Crippen LogP contribution >= 0.6 is 0 Å². The molecule has 0 bridgehead atoms. The minimum atomic E-state index is -4.99. The van der Waals surface area contributed by atoms with Gasteiger partial charge in [-0.15, -0.1) is 0 Å². The van der Waals surface area contributed by atoms with Gasteiger partial charge in [-0.25, -0.2) is 13.2 Å². The van der Waals surface area contributed by atoms with Crippen LogP contribution in [-0.2, 0) is 19.4 Å². The van der Waals surface area contributed by atoms with Crippen LogP contribution in [0.3, 0.4) is 0 Å². The highest BCUT2D eigenvalue weighted by Gasteiger charge is 2.63. The van der Waals surface area contributed by atoms with Crippen molar-refractivity contribution in [2.75, 3.05) is 12.4 Å². The second-order valence-electron chi connectivity index (χ2n) is 6.59. The Balaban J connectivity index is 2.57. The predicted octanol–water partition coefficient (Wildman–Crippen LogP) is 3.64. The number of halogens is 3. The largest absolute Gasteiger partial charge is 0.463 e. The summed E-state index contributed by atoms with van der Waals surface area (Å²) in [7, 11) is -4.35. The van der Waals surface area contributed by atoms with E-state index in [0.717, 1.165) is 6.42 Å². The molecule has 0 aliphatic heterocycles. The van der Waals surface area contributed by atoms with Crippen molar-refractivity contribution in [3.8, 4) is 6.07 Å². The molecule has 1 aliphatic carbocycles. The van der Waals surface area contributed by atoms with Crippen molar-refractivity contribution < 1.29 is 31.1 Å². The van der Waals surface area contributed by atoms with E-state index in [2.05, 4.69) is 0 Å². The molecule has 2 rings (SSSR count). The Hall–Kier alpha value is -2.34. The molecule has 1 aromatic carbocycles. The monoisotopic (exact) mass is 414 g/mol. The van der Waals surface area contributed by atoms with Gasteiger partial charge >= 0.3 is 12.1 Å². The smallest absolute Gasteiger partial charge is 0.397 e. The number of alkyl halides is 3. The molecule has 28 heavy (non-hydrogen) atoms. The third kappa shape index (κ3) is 4.07. The summed E-state index contributed by atoms with van der Waals surface area (Å²) < 4.78 is 72.7. The lowest BCUT2D eigenvalue weighted by Gasteiger charge is -2.42. The van der Waals surface area contributed by atoms with Gasteiger partial charge in [0.2, 0.25) is 0 Å². The number of rotatable bonds is 5. The molecule has 0 spiro atoms. The molecule has 1 radical (unpaired) electrons. The highest BCUT2D eigenvalue weighted by atomic mass is 32.2. The van der Waals surface area contributed by atoms with Crippen molar-refractivity contribution in [1.82, 2.24) is 0 Å². The molecule has 151 valence electrons. The molecule has 1 aromatic rings. The number of nitrogens with zero attached hydrogens (tertiary/aromatic N) is 1. The summed E-state index contributed by atoms with van der Waals surface area (Å²) in [6.07, 6.45) is -4.90. The van der Waals surface area contributed by atoms with E-state index in [-0.39, 0.29) is 22.6 Å². The zero-order chi connectivity index (χ0) is 21.2. The topological polar surface area (TPSA) is 84.2 Å². The minimum absolute atomic E-state index is 0.0213. The van der Waals surface area contributed by atoms with Crippen molar-refractivity contribution in [1.29, 1.82) is 5.26 Å². The molecule has 5 nitrogen and oxygen atoms in total. The molecule has 0 fully saturated rings. The van der Waals surface area contributed by atoms with E-state index in [1.807, 2.05) is 0 Å². The number of nitriles is 1. The fraction of sp³-hybridized carbons (Fsp3) is 0.421. The van der Waals surface area contributed by atoms with Crippen molar-refractivity contribution in [3.05, 3.63) is 47.9 Å². The van der Waals surface area contributed by atoms with Crippen LogP contribution in [-0.4, -0.2) is 32.9 Å². The van der Waals surface area contributed by atoms with E-state index < -0.39 is 45.5 Å². The average molecular weight is 414 g/mol. The van der Waals surface area contributed by atoms with Gasteiger partial charge in [0, 0.05) is 12.0 Å². The van der Waals surface area contributed by atoms with Gasteiger partial charge in [-0.05, 0) is 32.4 Å². The number of hydrogen-bond acceptors (Lipinski definition) is 5. The second kappa shape index (κ2) is 7.95. The quantitative estimate of drug-likeness (QED) is 0.687. The second-order valence-corrected chi connectivity index (χ2v) is 8.58. The lowest BCUT2D eigenvalue weighted by Crippen LogP contribution is -2.51. The Kier molecular flexibility index (Phi) is 6.24. The van der Waals surface area contributed by atoms with E-state index in [9.17, 15) is 31.6 Å². The predicted molar refractivity (Wildman–Crippen MR) is 94.3 cm³/mol. The van der Waals surface area contributed by atoms with Crippen molar-refractivity contribution >= 4 is 15.8 Å². The van der Waals surface area contributed by atoms with Crippen LogP contribution in [0.15, 0.2) is 46.4 Å². The number of carbonyl (C=O) groups excluding carboxylic acids is 1. The van der Waals surface area contributed by atoms with Crippen LogP contribution in [0.5, 0.6) is 0 Å². The zero-order valence-electron chi connectivity index (χ0n) is 15.3. The summed E-state index contributed by atoms with van der Waals surface area (Å²) >= 11 is 0. The van der Waals surface area contributed by atoms with Gasteiger partial charge in [0.1, 0.15) is 5.41 Å². The maximum Gasteiger partial charge on any atom is 0.397 e. The molecule has 2 atom stereocenters. The van der Waals surface area contributed by atoms with Crippen molar-refractivity contribution in [2.45, 2.75) is 31.3 Å². The fourth-order valence-corrected chi connectivity index (χ4v) is 5.17. The first-order chi connectivity index (χ1) is 13.0. The van der Waals surface area contributed by atoms with E-state index in [1.54, 1.807) is 19.1 Å². The molecule has 0 saturated carbocycles. The molecule has 0 N–H and O–H groups in total. The Bertz CT molecular complexity index is 917. The van der Waals surface area contributed by atoms with E-state index in [0.29, 0.717) is 0 Å². The first-order valence-corrected chi connectivity index (χ1v) is 10.1. The van der Waals surface area contributed by atoms with E-state index in [1.165, 1.54) is 31.2 Å². The summed E-state index contributed by atoms with van der Waals surface area (Å²) in [6, 6.07) is 8.32. The summed E-state index contributed by atoms with van der Waals surface area (Å²) in [5.74, 6) is -3.98. The van der Waals surface area contributed by atoms with Crippen LogP contribution in [0.1, 0.15) is 20.3 Å². The Morgan fingerprint density at radius 2 is 1.93 bits per heavy atom. The molecular weight excluding hydrogens is 395 g/mol. The van der Waals surface area contributed by atoms with Gasteiger partial charge in [-0.2, -0.15) is 18.4 Å². The Labute approximate surface area is 161 Å². The van der Waals surface area contributed by atoms with Crippen molar-refractivity contribution in [3.63, 3.8) is 0 Å². The average Bonchev–Trinajstić information content (AvgIpc) is 2.61. The lowest BCUT2D eigenvalue weighted by atomic mass is 9.65. The first kappa shape index (κ1) is 22.0. The number of carbonyl (C=O) groups is 1. The minimum Gasteiger partial charge on any atom is -0.463 e. The number of ether oxygens (including phenoxy) is 1. The van der Waals surface area contributed by atoms with Gasteiger partial charge < -0.3 is 4.74 Å². The van der Waals surface area contributed by atoms with Crippen LogP contribution in [0.2, 0.25) is 0 Å². The molecule has 0 saturated heterocycles. The first-order valence-electron chi connectivity index (χ1n) is 8.44. The molecular formula is C19H19F3NO4S. The molecule has 1 aliphatic rings. The Morgan fingerprint density at radius 1 is 1.32 bits per heavy atom. The highest BCUT2D eigenvalue weighted by molar-refractivity contribution is 7.91. The zero-order valence-corrected chi connectivity index (χ0v) is 16.1. The molecule has 0 amide bonds. The molecule has 9 heteroatoms. The Morgan fingerprint density at radius 3 is 2.43 bits per heavy atom. The van der Waals surface area contributed by atoms with Gasteiger partial charge in [-0.1, -0.05) is 23.8 Å². The number of allylic oxidation sites excluding steroid dienone is 1. The third-order valence-corrected chi connectivity index (χ3v) is 6.60. The van der Waals surface area contributed by atoms with Gasteiger partial charge in [0.05, 0.1) is 29.2 Å². The summed E-state index contributed by atoms with van der Waals surface area (Å²) in [4.78, 5) is 11.8. The van der Waals surface area contributed by atoms with Crippen LogP contribution in [0, 0.1) is 29.1 Å². The normalized spacial score (nSPS) is 23.2. The van der Waals surface area contributed by atoms with Gasteiger partial charge in [-0.3, -0.25) is 0 Å². The maximum absolute atomic E-state index is 14.2. The number of esters is 1. The van der Waals surface area contributed by atoms with Crippen LogP contribution < -0.4 is 0 Å². The lowest BCUT2D eigenvalue weighted by molar-refractivity contribution is -0.226.